The summed E-state index contributed by atoms with van der Waals surface area (Å²) in [7, 11) is 0. The second kappa shape index (κ2) is 7.24. The van der Waals surface area contributed by atoms with Gasteiger partial charge in [-0.2, -0.15) is 5.10 Å². The number of aryl methyl sites for hydroxylation is 1. The number of aromatic nitrogens is 5. The van der Waals surface area contributed by atoms with Crippen LogP contribution >= 0.6 is 0 Å². The van der Waals surface area contributed by atoms with Crippen molar-refractivity contribution in [2.45, 2.75) is 19.9 Å². The van der Waals surface area contributed by atoms with Gasteiger partial charge in [0, 0.05) is 35.7 Å². The van der Waals surface area contributed by atoms with Gasteiger partial charge in [0.25, 0.3) is 0 Å². The van der Waals surface area contributed by atoms with Gasteiger partial charge < -0.3 is 16.2 Å². The average Bonchev–Trinajstić information content (AvgIpc) is 3.16. The van der Waals surface area contributed by atoms with E-state index in [4.69, 9.17) is 5.73 Å². The van der Waals surface area contributed by atoms with Gasteiger partial charge in [-0.15, -0.1) is 0 Å². The Morgan fingerprint density at radius 1 is 1.25 bits per heavy atom. The number of pyridine rings is 3. The summed E-state index contributed by atoms with van der Waals surface area (Å²) in [5.41, 5.74) is 9.76. The number of aliphatic hydroxyl groups excluding tert-OH is 1. The second-order valence-electron chi connectivity index (χ2n) is 6.74. The van der Waals surface area contributed by atoms with Crippen LogP contribution in [0.2, 0.25) is 0 Å². The van der Waals surface area contributed by atoms with Crippen LogP contribution < -0.4 is 11.1 Å². The van der Waals surface area contributed by atoms with Gasteiger partial charge in [0.15, 0.2) is 0 Å². The van der Waals surface area contributed by atoms with Crippen LogP contribution in [0.4, 0.5) is 17.3 Å². The van der Waals surface area contributed by atoms with Crippen molar-refractivity contribution in [3.8, 4) is 11.3 Å². The van der Waals surface area contributed by atoms with Gasteiger partial charge >= 0.3 is 0 Å². The topological polar surface area (TPSA) is 115 Å². The van der Waals surface area contributed by atoms with E-state index in [1.165, 1.54) is 0 Å². The molecule has 4 aromatic rings. The summed E-state index contributed by atoms with van der Waals surface area (Å²) in [6.07, 6.45) is 8.79. The van der Waals surface area contributed by atoms with Crippen molar-refractivity contribution in [2.24, 2.45) is 0 Å². The van der Waals surface area contributed by atoms with Crippen LogP contribution in [0.25, 0.3) is 22.0 Å². The number of nitrogens with two attached hydrogens (primary N) is 1. The van der Waals surface area contributed by atoms with Crippen LogP contribution in [-0.2, 0) is 0 Å². The summed E-state index contributed by atoms with van der Waals surface area (Å²) in [4.78, 5) is 13.1. The maximum atomic E-state index is 9.26. The minimum atomic E-state index is -0.0868. The number of hydrogen-bond acceptors (Lipinski definition) is 7. The summed E-state index contributed by atoms with van der Waals surface area (Å²) in [6.45, 7) is 3.94. The third-order valence-electron chi connectivity index (χ3n) is 4.65. The smallest absolute Gasteiger partial charge is 0.133 e. The maximum absolute atomic E-state index is 9.26. The van der Waals surface area contributed by atoms with E-state index in [1.807, 2.05) is 38.2 Å². The zero-order valence-corrected chi connectivity index (χ0v) is 15.7. The number of nitrogens with one attached hydrogen (secondary N) is 1. The highest BCUT2D eigenvalue weighted by atomic mass is 16.3. The molecular formula is C20H21N7O. The van der Waals surface area contributed by atoms with Crippen LogP contribution in [-0.4, -0.2) is 36.4 Å². The Kier molecular flexibility index (Phi) is 4.62. The first-order chi connectivity index (χ1) is 13.5. The highest BCUT2D eigenvalue weighted by Gasteiger charge is 2.10. The molecule has 0 unspecified atom stereocenters. The number of nitrogen functional groups attached to an aromatic ring is 1. The molecule has 4 N–H and O–H groups in total. The molecule has 4 heterocycles. The van der Waals surface area contributed by atoms with Crippen molar-refractivity contribution in [1.82, 2.24) is 24.7 Å². The number of rotatable bonds is 5. The van der Waals surface area contributed by atoms with Gasteiger partial charge in [0.1, 0.15) is 11.6 Å². The van der Waals surface area contributed by atoms with E-state index in [0.717, 1.165) is 33.3 Å². The minimum Gasteiger partial charge on any atom is -0.394 e. The van der Waals surface area contributed by atoms with E-state index in [0.29, 0.717) is 11.6 Å². The Balaban J connectivity index is 1.70. The molecular weight excluding hydrogens is 354 g/mol. The monoisotopic (exact) mass is 375 g/mol. The van der Waals surface area contributed by atoms with Crippen molar-refractivity contribution in [2.75, 3.05) is 17.7 Å². The Morgan fingerprint density at radius 2 is 2.11 bits per heavy atom. The molecule has 0 fully saturated rings. The van der Waals surface area contributed by atoms with E-state index < -0.39 is 0 Å². The first kappa shape index (κ1) is 17.9. The minimum absolute atomic E-state index is 0.0260. The molecule has 0 bridgehead atoms. The molecule has 0 aliphatic heterocycles. The van der Waals surface area contributed by atoms with Gasteiger partial charge in [0.2, 0.25) is 0 Å². The van der Waals surface area contributed by atoms with Crippen LogP contribution in [0, 0.1) is 6.92 Å². The van der Waals surface area contributed by atoms with E-state index in [9.17, 15) is 5.11 Å². The third-order valence-corrected chi connectivity index (χ3v) is 4.65. The average molecular weight is 375 g/mol. The lowest BCUT2D eigenvalue weighted by atomic mass is 10.1. The summed E-state index contributed by atoms with van der Waals surface area (Å²) in [5, 5.41) is 18.5. The highest BCUT2D eigenvalue weighted by Crippen LogP contribution is 2.29. The number of hydrogen-bond donors (Lipinski definition) is 3. The normalized spacial score (nSPS) is 12.2. The molecule has 0 amide bonds. The lowest BCUT2D eigenvalue weighted by Crippen LogP contribution is -2.09. The number of anilines is 3. The van der Waals surface area contributed by atoms with Gasteiger partial charge in [-0.25, -0.2) is 9.97 Å². The van der Waals surface area contributed by atoms with E-state index >= 15 is 0 Å². The maximum Gasteiger partial charge on any atom is 0.133 e. The fourth-order valence-corrected chi connectivity index (χ4v) is 2.99. The summed E-state index contributed by atoms with van der Waals surface area (Å²) in [5.74, 6) is 1.10. The Morgan fingerprint density at radius 3 is 2.89 bits per heavy atom. The fraction of sp³-hybridized carbons (Fsp3) is 0.200. The Labute approximate surface area is 162 Å². The molecule has 142 valence electrons. The second-order valence-corrected chi connectivity index (χ2v) is 6.74. The molecule has 0 saturated carbocycles. The summed E-state index contributed by atoms with van der Waals surface area (Å²) in [6, 6.07) is 5.77. The number of aliphatic hydroxyl groups is 1. The fourth-order valence-electron chi connectivity index (χ4n) is 2.99. The predicted molar refractivity (Wildman–Crippen MR) is 109 cm³/mol. The predicted octanol–water partition coefficient (Wildman–Crippen LogP) is 3.08. The SMILES string of the molecule is Cc1ccncc1-c1cc2cc(Nc3cnn([C@@H](C)CO)c3)ncc2c(N)n1. The van der Waals surface area contributed by atoms with E-state index in [1.54, 1.807) is 29.5 Å². The van der Waals surface area contributed by atoms with Crippen LogP contribution in [0.3, 0.4) is 0 Å². The molecule has 0 spiro atoms. The van der Waals surface area contributed by atoms with E-state index in [2.05, 4.69) is 25.4 Å². The molecule has 0 radical (unpaired) electrons. The summed E-state index contributed by atoms with van der Waals surface area (Å²) < 4.78 is 1.70. The first-order valence-corrected chi connectivity index (χ1v) is 8.94. The van der Waals surface area contributed by atoms with Gasteiger partial charge in [0.05, 0.1) is 30.2 Å². The lowest BCUT2D eigenvalue weighted by molar-refractivity contribution is 0.230. The lowest BCUT2D eigenvalue weighted by Gasteiger charge is -2.10. The Bertz CT molecular complexity index is 1140. The van der Waals surface area contributed by atoms with Crippen LogP contribution in [0.15, 0.2) is 49.2 Å². The zero-order chi connectivity index (χ0) is 19.7. The molecule has 8 heteroatoms. The number of fused-ring (bicyclic) bond motifs is 1. The Hall–Kier alpha value is -3.52. The standard InChI is InChI=1S/C20H21N7O/c1-12-3-4-22-8-16(12)18-5-14-6-19(23-9-17(14)20(21)26-18)25-15-7-24-27(10-15)13(2)11-28/h3-10,13,28H,11H2,1-2H3,(H2,21,26)(H,23,25)/t13-/m0/s1. The van der Waals surface area contributed by atoms with E-state index in [-0.39, 0.29) is 12.6 Å². The first-order valence-electron chi connectivity index (χ1n) is 8.94. The van der Waals surface area contributed by atoms with Crippen molar-refractivity contribution < 1.29 is 5.11 Å². The van der Waals surface area contributed by atoms with Gasteiger partial charge in [-0.1, -0.05) is 0 Å². The van der Waals surface area contributed by atoms with Crippen molar-refractivity contribution >= 4 is 28.1 Å². The molecule has 1 atom stereocenters. The molecule has 4 rings (SSSR count). The summed E-state index contributed by atoms with van der Waals surface area (Å²) >= 11 is 0. The molecule has 0 aliphatic rings. The van der Waals surface area contributed by atoms with Gasteiger partial charge in [-0.05, 0) is 43.0 Å². The number of nitrogens with zero attached hydrogens (tertiary/aromatic N) is 5. The largest absolute Gasteiger partial charge is 0.394 e. The molecule has 8 nitrogen and oxygen atoms in total. The quantitative estimate of drug-likeness (QED) is 0.491. The molecule has 0 aromatic carbocycles. The van der Waals surface area contributed by atoms with Crippen molar-refractivity contribution in [3.63, 3.8) is 0 Å². The van der Waals surface area contributed by atoms with Crippen molar-refractivity contribution in [1.29, 1.82) is 0 Å². The highest BCUT2D eigenvalue weighted by molar-refractivity contribution is 5.94. The molecule has 28 heavy (non-hydrogen) atoms. The van der Waals surface area contributed by atoms with Crippen LogP contribution in [0.1, 0.15) is 18.5 Å². The molecule has 0 aliphatic carbocycles. The van der Waals surface area contributed by atoms with Crippen molar-refractivity contribution in [3.05, 3.63) is 54.7 Å². The molecule has 0 saturated heterocycles. The zero-order valence-electron chi connectivity index (χ0n) is 15.7. The van der Waals surface area contributed by atoms with Crippen LogP contribution in [0.5, 0.6) is 0 Å². The molecule has 4 aromatic heterocycles. The third kappa shape index (κ3) is 3.37. The van der Waals surface area contributed by atoms with Gasteiger partial charge in [-0.3, -0.25) is 9.67 Å².